The number of carbonyl (C=O) groups is 1. The van der Waals surface area contributed by atoms with Gasteiger partial charge in [-0.15, -0.1) is 11.3 Å². The lowest BCUT2D eigenvalue weighted by Crippen LogP contribution is -2.29. The molecule has 0 radical (unpaired) electrons. The zero-order valence-corrected chi connectivity index (χ0v) is 12.1. The van der Waals surface area contributed by atoms with E-state index in [4.69, 9.17) is 5.11 Å². The van der Waals surface area contributed by atoms with E-state index in [1.54, 1.807) is 0 Å². The van der Waals surface area contributed by atoms with E-state index in [1.807, 2.05) is 11.4 Å². The number of amides is 1. The SMILES string of the molecule is CS(=O)(=O)CC(=O)NCc1cc(C#CCCO)cs1. The van der Waals surface area contributed by atoms with E-state index in [0.29, 0.717) is 13.0 Å². The van der Waals surface area contributed by atoms with Crippen molar-refractivity contribution < 1.29 is 18.3 Å². The fraction of sp³-hybridized carbons (Fsp3) is 0.417. The summed E-state index contributed by atoms with van der Waals surface area (Å²) in [6.07, 6.45) is 1.45. The van der Waals surface area contributed by atoms with Crippen molar-refractivity contribution in [2.45, 2.75) is 13.0 Å². The molecule has 0 unspecified atom stereocenters. The Morgan fingerprint density at radius 3 is 2.89 bits per heavy atom. The van der Waals surface area contributed by atoms with Gasteiger partial charge in [-0.3, -0.25) is 4.79 Å². The van der Waals surface area contributed by atoms with Gasteiger partial charge in [0, 0.05) is 28.5 Å². The van der Waals surface area contributed by atoms with E-state index in [1.165, 1.54) is 11.3 Å². The molecule has 1 heterocycles. The van der Waals surface area contributed by atoms with Gasteiger partial charge in [-0.05, 0) is 6.07 Å². The molecule has 2 N–H and O–H groups in total. The zero-order valence-electron chi connectivity index (χ0n) is 10.5. The largest absolute Gasteiger partial charge is 0.395 e. The summed E-state index contributed by atoms with van der Waals surface area (Å²) in [5.74, 6) is 4.68. The predicted octanol–water partition coefficient (Wildman–Crippen LogP) is 0.143. The number of aliphatic hydroxyl groups excluding tert-OH is 1. The van der Waals surface area contributed by atoms with E-state index in [0.717, 1.165) is 16.7 Å². The molecule has 19 heavy (non-hydrogen) atoms. The molecule has 0 saturated heterocycles. The number of rotatable bonds is 5. The molecule has 0 spiro atoms. The highest BCUT2D eigenvalue weighted by Gasteiger charge is 2.10. The number of nitrogens with one attached hydrogen (secondary N) is 1. The van der Waals surface area contributed by atoms with Crippen LogP contribution in [0.5, 0.6) is 0 Å². The number of sulfone groups is 1. The van der Waals surface area contributed by atoms with Crippen LogP contribution < -0.4 is 5.32 Å². The Morgan fingerprint density at radius 1 is 1.53 bits per heavy atom. The third-order valence-electron chi connectivity index (χ3n) is 1.98. The van der Waals surface area contributed by atoms with Crippen LogP contribution in [0.3, 0.4) is 0 Å². The van der Waals surface area contributed by atoms with Crippen molar-refractivity contribution in [2.24, 2.45) is 0 Å². The van der Waals surface area contributed by atoms with Gasteiger partial charge in [-0.2, -0.15) is 0 Å². The first-order valence-electron chi connectivity index (χ1n) is 5.52. The maximum absolute atomic E-state index is 11.3. The third kappa shape index (κ3) is 6.96. The fourth-order valence-electron chi connectivity index (χ4n) is 1.23. The standard InChI is InChI=1S/C12H15NO4S2/c1-19(16,17)9-12(15)13-7-11-6-10(8-18-11)4-2-3-5-14/h6,8,14H,3,5,7,9H2,1H3,(H,13,15). The van der Waals surface area contributed by atoms with Crippen LogP contribution in [0.15, 0.2) is 11.4 Å². The Labute approximate surface area is 116 Å². The van der Waals surface area contributed by atoms with Gasteiger partial charge in [-0.25, -0.2) is 8.42 Å². The maximum atomic E-state index is 11.3. The van der Waals surface area contributed by atoms with Crippen LogP contribution in [0.2, 0.25) is 0 Å². The number of carbonyl (C=O) groups excluding carboxylic acids is 1. The van der Waals surface area contributed by atoms with E-state index in [-0.39, 0.29) is 6.61 Å². The summed E-state index contributed by atoms with van der Waals surface area (Å²) >= 11 is 1.44. The van der Waals surface area contributed by atoms with Crippen molar-refractivity contribution in [2.75, 3.05) is 18.6 Å². The minimum atomic E-state index is -3.29. The van der Waals surface area contributed by atoms with Gasteiger partial charge in [0.1, 0.15) is 5.75 Å². The average molecular weight is 301 g/mol. The van der Waals surface area contributed by atoms with Crippen molar-refractivity contribution in [3.63, 3.8) is 0 Å². The molecule has 0 fully saturated rings. The molecule has 0 aliphatic rings. The molecule has 0 aliphatic heterocycles. The van der Waals surface area contributed by atoms with E-state index < -0.39 is 21.5 Å². The molecular weight excluding hydrogens is 286 g/mol. The van der Waals surface area contributed by atoms with Crippen molar-refractivity contribution in [1.82, 2.24) is 5.32 Å². The summed E-state index contributed by atoms with van der Waals surface area (Å²) < 4.78 is 21.8. The summed E-state index contributed by atoms with van der Waals surface area (Å²) in [6, 6.07) is 1.83. The summed E-state index contributed by atoms with van der Waals surface area (Å²) in [6.45, 7) is 0.326. The summed E-state index contributed by atoms with van der Waals surface area (Å²) in [7, 11) is -3.29. The Bertz CT molecular complexity index is 593. The Hall–Kier alpha value is -1.36. The summed E-state index contributed by atoms with van der Waals surface area (Å²) in [5.41, 5.74) is 0.825. The highest BCUT2D eigenvalue weighted by molar-refractivity contribution is 7.91. The maximum Gasteiger partial charge on any atom is 0.235 e. The highest BCUT2D eigenvalue weighted by atomic mass is 32.2. The number of hydrogen-bond donors (Lipinski definition) is 2. The first kappa shape index (κ1) is 15.7. The predicted molar refractivity (Wildman–Crippen MR) is 74.5 cm³/mol. The van der Waals surface area contributed by atoms with Crippen LogP contribution >= 0.6 is 11.3 Å². The van der Waals surface area contributed by atoms with E-state index >= 15 is 0 Å². The smallest absolute Gasteiger partial charge is 0.235 e. The molecule has 7 heteroatoms. The molecule has 1 amide bonds. The van der Waals surface area contributed by atoms with Crippen molar-refractivity contribution in [3.05, 3.63) is 21.9 Å². The minimum absolute atomic E-state index is 0.0333. The normalized spacial score (nSPS) is 10.6. The van der Waals surface area contributed by atoms with Crippen LogP contribution in [-0.4, -0.2) is 38.0 Å². The fourth-order valence-corrected chi connectivity index (χ4v) is 2.57. The number of aliphatic hydroxyl groups is 1. The minimum Gasteiger partial charge on any atom is -0.395 e. The van der Waals surface area contributed by atoms with Crippen LogP contribution in [0.4, 0.5) is 0 Å². The van der Waals surface area contributed by atoms with Crippen LogP contribution in [0.25, 0.3) is 0 Å². The van der Waals surface area contributed by atoms with Gasteiger partial charge < -0.3 is 10.4 Å². The molecule has 0 bridgehead atoms. The third-order valence-corrected chi connectivity index (χ3v) is 3.70. The molecule has 1 aromatic rings. The highest BCUT2D eigenvalue weighted by Crippen LogP contribution is 2.13. The van der Waals surface area contributed by atoms with Gasteiger partial charge in [0.05, 0.1) is 13.2 Å². The van der Waals surface area contributed by atoms with Crippen LogP contribution in [0.1, 0.15) is 16.9 Å². The van der Waals surface area contributed by atoms with E-state index in [9.17, 15) is 13.2 Å². The first-order valence-corrected chi connectivity index (χ1v) is 8.46. The van der Waals surface area contributed by atoms with Gasteiger partial charge >= 0.3 is 0 Å². The van der Waals surface area contributed by atoms with Gasteiger partial charge in [0.15, 0.2) is 9.84 Å². The molecule has 0 saturated carbocycles. The quantitative estimate of drug-likeness (QED) is 0.758. The van der Waals surface area contributed by atoms with Crippen molar-refractivity contribution in [3.8, 4) is 11.8 Å². The molecule has 5 nitrogen and oxygen atoms in total. The molecule has 0 aliphatic carbocycles. The lowest BCUT2D eigenvalue weighted by atomic mass is 10.3. The molecule has 0 aromatic carbocycles. The van der Waals surface area contributed by atoms with Crippen LogP contribution in [0, 0.1) is 11.8 Å². The second kappa shape index (κ2) is 7.28. The molecule has 0 atom stereocenters. The second-order valence-corrected chi connectivity index (χ2v) is 7.06. The molecular formula is C12H15NO4S2. The van der Waals surface area contributed by atoms with Crippen molar-refractivity contribution >= 4 is 27.1 Å². The lowest BCUT2D eigenvalue weighted by Gasteiger charge is -2.01. The zero-order chi connectivity index (χ0) is 14.3. The average Bonchev–Trinajstić information content (AvgIpc) is 2.72. The van der Waals surface area contributed by atoms with E-state index in [2.05, 4.69) is 17.2 Å². The number of hydrogen-bond acceptors (Lipinski definition) is 5. The summed E-state index contributed by atoms with van der Waals surface area (Å²) in [5, 5.41) is 13.0. The Balaban J connectivity index is 2.47. The second-order valence-electron chi connectivity index (χ2n) is 3.92. The first-order chi connectivity index (χ1) is 8.90. The topological polar surface area (TPSA) is 83.5 Å². The molecule has 1 aromatic heterocycles. The molecule has 1 rings (SSSR count). The van der Waals surface area contributed by atoms with Gasteiger partial charge in [0.2, 0.25) is 5.91 Å². The van der Waals surface area contributed by atoms with Crippen molar-refractivity contribution in [1.29, 1.82) is 0 Å². The monoisotopic (exact) mass is 301 g/mol. The summed E-state index contributed by atoms with van der Waals surface area (Å²) in [4.78, 5) is 12.2. The molecule has 104 valence electrons. The van der Waals surface area contributed by atoms with Crippen LogP contribution in [-0.2, 0) is 21.2 Å². The lowest BCUT2D eigenvalue weighted by molar-refractivity contribution is -0.118. The number of thiophene rings is 1. The Kier molecular flexibility index (Phi) is 6.02. The Morgan fingerprint density at radius 2 is 2.26 bits per heavy atom. The van der Waals surface area contributed by atoms with Gasteiger partial charge in [0.25, 0.3) is 0 Å². The van der Waals surface area contributed by atoms with Gasteiger partial charge in [-0.1, -0.05) is 11.8 Å².